The van der Waals surface area contributed by atoms with Gasteiger partial charge < -0.3 is 15.0 Å². The fourth-order valence-corrected chi connectivity index (χ4v) is 2.32. The summed E-state index contributed by atoms with van der Waals surface area (Å²) in [5.41, 5.74) is 0. The van der Waals surface area contributed by atoms with Crippen molar-refractivity contribution < 1.29 is 4.74 Å². The second kappa shape index (κ2) is 6.88. The number of hydrogen-bond donors (Lipinski definition) is 1. The molecule has 0 amide bonds. The van der Waals surface area contributed by atoms with Gasteiger partial charge in [-0.2, -0.15) is 0 Å². The Morgan fingerprint density at radius 3 is 2.85 bits per heavy atom. The lowest BCUT2D eigenvalue weighted by molar-refractivity contribution is 0.0381. The van der Waals surface area contributed by atoms with E-state index in [9.17, 15) is 0 Å². The van der Waals surface area contributed by atoms with E-state index in [2.05, 4.69) is 42.9 Å². The maximum Gasteiger partial charge on any atom is 0.135 e. The molecular formula is C15H26N4O. The lowest BCUT2D eigenvalue weighted by atomic mass is 10.2. The van der Waals surface area contributed by atoms with Crippen LogP contribution in [0.3, 0.4) is 0 Å². The molecule has 0 saturated carbocycles. The smallest absolute Gasteiger partial charge is 0.135 e. The van der Waals surface area contributed by atoms with E-state index in [0.29, 0.717) is 12.0 Å². The van der Waals surface area contributed by atoms with Crippen molar-refractivity contribution in [1.29, 1.82) is 0 Å². The Morgan fingerprint density at radius 1 is 1.40 bits per heavy atom. The van der Waals surface area contributed by atoms with Gasteiger partial charge in [-0.3, -0.25) is 0 Å². The highest BCUT2D eigenvalue weighted by molar-refractivity contribution is 5.50. The number of nitrogens with one attached hydrogen (secondary N) is 1. The molecule has 0 aromatic carbocycles. The molecule has 1 fully saturated rings. The Labute approximate surface area is 121 Å². The largest absolute Gasteiger partial charge is 0.375 e. The van der Waals surface area contributed by atoms with Crippen LogP contribution in [0.25, 0.3) is 0 Å². The summed E-state index contributed by atoms with van der Waals surface area (Å²) in [4.78, 5) is 11.6. The first-order chi connectivity index (χ1) is 9.63. The summed E-state index contributed by atoms with van der Waals surface area (Å²) >= 11 is 0. The van der Waals surface area contributed by atoms with Gasteiger partial charge in [-0.1, -0.05) is 20.8 Å². The van der Waals surface area contributed by atoms with E-state index < -0.39 is 0 Å². The third-order valence-corrected chi connectivity index (χ3v) is 3.52. The summed E-state index contributed by atoms with van der Waals surface area (Å²) in [5.74, 6) is 3.16. The molecule has 1 aromatic heterocycles. The first-order valence-corrected chi connectivity index (χ1v) is 7.63. The Bertz CT molecular complexity index is 436. The number of ether oxygens (including phenoxy) is 1. The van der Waals surface area contributed by atoms with Crippen LogP contribution in [0.4, 0.5) is 11.6 Å². The van der Waals surface area contributed by atoms with Crippen LogP contribution in [0, 0.1) is 0 Å². The van der Waals surface area contributed by atoms with Crippen LogP contribution >= 0.6 is 0 Å². The molecule has 5 heteroatoms. The van der Waals surface area contributed by atoms with Gasteiger partial charge >= 0.3 is 0 Å². The van der Waals surface area contributed by atoms with Crippen molar-refractivity contribution in [2.24, 2.45) is 0 Å². The summed E-state index contributed by atoms with van der Waals surface area (Å²) in [6.45, 7) is 12.0. The quantitative estimate of drug-likeness (QED) is 0.897. The summed E-state index contributed by atoms with van der Waals surface area (Å²) in [6, 6.07) is 2.05. The first-order valence-electron chi connectivity index (χ1n) is 7.63. The average Bonchev–Trinajstić information content (AvgIpc) is 2.47. The van der Waals surface area contributed by atoms with Gasteiger partial charge in [0.1, 0.15) is 17.5 Å². The SMILES string of the molecule is CCNc1cc(N2CCOC(CC)C2)nc(C(C)C)n1. The highest BCUT2D eigenvalue weighted by Crippen LogP contribution is 2.22. The average molecular weight is 278 g/mol. The van der Waals surface area contributed by atoms with E-state index >= 15 is 0 Å². The van der Waals surface area contributed by atoms with Gasteiger partial charge in [0.05, 0.1) is 12.7 Å². The van der Waals surface area contributed by atoms with Gasteiger partial charge in [-0.05, 0) is 13.3 Å². The lowest BCUT2D eigenvalue weighted by Gasteiger charge is -2.33. The predicted molar refractivity (Wildman–Crippen MR) is 82.5 cm³/mol. The van der Waals surface area contributed by atoms with E-state index in [1.165, 1.54) is 0 Å². The fourth-order valence-electron chi connectivity index (χ4n) is 2.32. The van der Waals surface area contributed by atoms with Crippen LogP contribution in [-0.4, -0.2) is 42.3 Å². The summed E-state index contributed by atoms with van der Waals surface area (Å²) in [7, 11) is 0. The minimum atomic E-state index is 0.309. The molecule has 112 valence electrons. The fraction of sp³-hybridized carbons (Fsp3) is 0.733. The second-order valence-corrected chi connectivity index (χ2v) is 5.50. The molecule has 1 unspecified atom stereocenters. The standard InChI is InChI=1S/C15H26N4O/c1-5-12-10-19(7-8-20-12)14-9-13(16-6-2)17-15(18-14)11(3)4/h9,11-12H,5-8,10H2,1-4H3,(H,16,17,18). The zero-order chi connectivity index (χ0) is 14.5. The van der Waals surface area contributed by atoms with E-state index in [-0.39, 0.29) is 0 Å². The van der Waals surface area contributed by atoms with Crippen molar-refractivity contribution in [3.05, 3.63) is 11.9 Å². The van der Waals surface area contributed by atoms with Gasteiger partial charge in [-0.25, -0.2) is 9.97 Å². The number of rotatable bonds is 5. The molecule has 1 aliphatic rings. The zero-order valence-electron chi connectivity index (χ0n) is 13.0. The Kier molecular flexibility index (Phi) is 5.17. The van der Waals surface area contributed by atoms with Crippen molar-refractivity contribution in [3.63, 3.8) is 0 Å². The van der Waals surface area contributed by atoms with Crippen LogP contribution in [0.2, 0.25) is 0 Å². The Balaban J connectivity index is 2.24. The van der Waals surface area contributed by atoms with Gasteiger partial charge in [0.2, 0.25) is 0 Å². The molecule has 5 nitrogen and oxygen atoms in total. The van der Waals surface area contributed by atoms with E-state index in [4.69, 9.17) is 9.72 Å². The molecule has 1 aromatic rings. The van der Waals surface area contributed by atoms with Crippen molar-refractivity contribution in [3.8, 4) is 0 Å². The third-order valence-electron chi connectivity index (χ3n) is 3.52. The van der Waals surface area contributed by atoms with Crippen LogP contribution in [0.15, 0.2) is 6.07 Å². The normalized spacial score (nSPS) is 19.4. The van der Waals surface area contributed by atoms with Gasteiger partial charge in [0.25, 0.3) is 0 Å². The molecule has 0 aliphatic carbocycles. The first kappa shape index (κ1) is 15.0. The molecule has 0 radical (unpaired) electrons. The maximum absolute atomic E-state index is 5.73. The van der Waals surface area contributed by atoms with E-state index in [1.807, 2.05) is 6.07 Å². The molecule has 0 bridgehead atoms. The van der Waals surface area contributed by atoms with Crippen LogP contribution in [0.1, 0.15) is 45.9 Å². The highest BCUT2D eigenvalue weighted by atomic mass is 16.5. The van der Waals surface area contributed by atoms with Crippen LogP contribution < -0.4 is 10.2 Å². The molecule has 1 saturated heterocycles. The summed E-state index contributed by atoms with van der Waals surface area (Å²) in [5, 5.41) is 3.30. The third kappa shape index (κ3) is 3.60. The Morgan fingerprint density at radius 2 is 2.20 bits per heavy atom. The summed E-state index contributed by atoms with van der Waals surface area (Å²) in [6.07, 6.45) is 1.35. The molecular weight excluding hydrogens is 252 g/mol. The molecule has 2 rings (SSSR count). The van der Waals surface area contributed by atoms with E-state index in [0.717, 1.165) is 50.1 Å². The topological polar surface area (TPSA) is 50.3 Å². The summed E-state index contributed by atoms with van der Waals surface area (Å²) < 4.78 is 5.73. The highest BCUT2D eigenvalue weighted by Gasteiger charge is 2.21. The molecule has 2 heterocycles. The number of nitrogens with zero attached hydrogens (tertiary/aromatic N) is 3. The minimum absolute atomic E-state index is 0.309. The Hall–Kier alpha value is -1.36. The van der Waals surface area contributed by atoms with Crippen molar-refractivity contribution in [2.75, 3.05) is 36.5 Å². The monoisotopic (exact) mass is 278 g/mol. The second-order valence-electron chi connectivity index (χ2n) is 5.50. The number of hydrogen-bond acceptors (Lipinski definition) is 5. The lowest BCUT2D eigenvalue weighted by Crippen LogP contribution is -2.42. The van der Waals surface area contributed by atoms with Crippen LogP contribution in [0.5, 0.6) is 0 Å². The number of morpholine rings is 1. The number of aromatic nitrogens is 2. The predicted octanol–water partition coefficient (Wildman–Crippen LogP) is 2.65. The molecule has 0 spiro atoms. The molecule has 1 aliphatic heterocycles. The van der Waals surface area contributed by atoms with Crippen LogP contribution in [-0.2, 0) is 4.74 Å². The number of anilines is 2. The minimum Gasteiger partial charge on any atom is -0.375 e. The van der Waals surface area contributed by atoms with Gasteiger partial charge in [-0.15, -0.1) is 0 Å². The van der Waals surface area contributed by atoms with Gasteiger partial charge in [0.15, 0.2) is 0 Å². The van der Waals surface area contributed by atoms with Crippen molar-refractivity contribution in [2.45, 2.75) is 46.1 Å². The molecule has 1 atom stereocenters. The zero-order valence-corrected chi connectivity index (χ0v) is 13.0. The van der Waals surface area contributed by atoms with Crippen molar-refractivity contribution >= 4 is 11.6 Å². The van der Waals surface area contributed by atoms with E-state index in [1.54, 1.807) is 0 Å². The molecule has 20 heavy (non-hydrogen) atoms. The molecule has 1 N–H and O–H groups in total. The van der Waals surface area contributed by atoms with Gasteiger partial charge in [0, 0.05) is 31.6 Å². The maximum atomic E-state index is 5.73. The van der Waals surface area contributed by atoms with Crippen molar-refractivity contribution in [1.82, 2.24) is 9.97 Å².